The van der Waals surface area contributed by atoms with E-state index < -0.39 is 10.0 Å². The minimum Gasteiger partial charge on any atom is -0.312 e. The molecule has 6 heteroatoms. The van der Waals surface area contributed by atoms with Crippen LogP contribution in [0.2, 0.25) is 0 Å². The van der Waals surface area contributed by atoms with Crippen molar-refractivity contribution >= 4 is 27.3 Å². The summed E-state index contributed by atoms with van der Waals surface area (Å²) in [6.07, 6.45) is 0.307. The number of rotatable bonds is 5. The summed E-state index contributed by atoms with van der Waals surface area (Å²) in [6.45, 7) is 6.66. The van der Waals surface area contributed by atoms with Crippen molar-refractivity contribution in [1.82, 2.24) is 0 Å². The molecule has 25 heavy (non-hydrogen) atoms. The maximum Gasteiger partial charge on any atom is 0.261 e. The molecule has 0 radical (unpaired) electrons. The second kappa shape index (κ2) is 6.52. The van der Waals surface area contributed by atoms with Crippen molar-refractivity contribution < 1.29 is 13.2 Å². The second-order valence-electron chi connectivity index (χ2n) is 6.49. The fourth-order valence-corrected chi connectivity index (χ4v) is 4.09. The zero-order valence-corrected chi connectivity index (χ0v) is 15.4. The molecule has 0 saturated carbocycles. The van der Waals surface area contributed by atoms with E-state index in [9.17, 15) is 13.2 Å². The molecule has 2 aromatic rings. The third-order valence-corrected chi connectivity index (χ3v) is 5.84. The van der Waals surface area contributed by atoms with Crippen LogP contribution < -0.4 is 9.62 Å². The van der Waals surface area contributed by atoms with E-state index >= 15 is 0 Å². The highest BCUT2D eigenvalue weighted by Crippen LogP contribution is 2.31. The lowest BCUT2D eigenvalue weighted by Crippen LogP contribution is -2.25. The number of benzene rings is 2. The zero-order valence-electron chi connectivity index (χ0n) is 14.6. The third-order valence-electron chi connectivity index (χ3n) is 4.44. The lowest BCUT2D eigenvalue weighted by Gasteiger charge is -2.15. The molecule has 1 N–H and O–H groups in total. The number of nitrogens with one attached hydrogen (secondary N) is 1. The molecule has 0 unspecified atom stereocenters. The molecule has 1 aliphatic heterocycles. The lowest BCUT2D eigenvalue weighted by molar-refractivity contribution is -0.117. The largest absolute Gasteiger partial charge is 0.312 e. The van der Waals surface area contributed by atoms with Gasteiger partial charge in [-0.25, -0.2) is 8.42 Å². The molecule has 0 aromatic heterocycles. The summed E-state index contributed by atoms with van der Waals surface area (Å²) in [5, 5.41) is 0. The van der Waals surface area contributed by atoms with Gasteiger partial charge in [-0.05, 0) is 54.3 Å². The summed E-state index contributed by atoms with van der Waals surface area (Å²) < 4.78 is 27.8. The Hall–Kier alpha value is -2.34. The van der Waals surface area contributed by atoms with E-state index in [-0.39, 0.29) is 10.8 Å². The maximum atomic E-state index is 12.6. The van der Waals surface area contributed by atoms with Gasteiger partial charge in [0.15, 0.2) is 0 Å². The van der Waals surface area contributed by atoms with Crippen LogP contribution in [-0.4, -0.2) is 20.9 Å². The Labute approximate surface area is 148 Å². The van der Waals surface area contributed by atoms with Crippen molar-refractivity contribution in [3.63, 3.8) is 0 Å². The van der Waals surface area contributed by atoms with Gasteiger partial charge in [0, 0.05) is 17.9 Å². The fourth-order valence-electron chi connectivity index (χ4n) is 3.04. The van der Waals surface area contributed by atoms with Crippen LogP contribution in [0.4, 0.5) is 11.4 Å². The summed E-state index contributed by atoms with van der Waals surface area (Å²) in [7, 11) is -3.65. The summed E-state index contributed by atoms with van der Waals surface area (Å²) in [5.74, 6) is 0.391. The number of anilines is 2. The van der Waals surface area contributed by atoms with Gasteiger partial charge in [-0.1, -0.05) is 26.0 Å². The average Bonchev–Trinajstić information content (AvgIpc) is 2.88. The number of fused-ring (bicyclic) bond motifs is 1. The highest BCUT2D eigenvalue weighted by Gasteiger charge is 2.26. The van der Waals surface area contributed by atoms with Crippen molar-refractivity contribution in [2.75, 3.05) is 16.2 Å². The Kier molecular flexibility index (Phi) is 4.56. The highest BCUT2D eigenvalue weighted by molar-refractivity contribution is 7.92. The van der Waals surface area contributed by atoms with Crippen LogP contribution in [0, 0.1) is 0 Å². The van der Waals surface area contributed by atoms with Crippen molar-refractivity contribution in [3.8, 4) is 0 Å². The van der Waals surface area contributed by atoms with Crippen LogP contribution in [0.25, 0.3) is 0 Å². The van der Waals surface area contributed by atoms with Crippen LogP contribution >= 0.6 is 0 Å². The monoisotopic (exact) mass is 358 g/mol. The lowest BCUT2D eigenvalue weighted by atomic mass is 10.0. The molecule has 3 rings (SSSR count). The minimum atomic E-state index is -3.65. The molecule has 1 amide bonds. The smallest absolute Gasteiger partial charge is 0.261 e. The number of hydrogen-bond donors (Lipinski definition) is 1. The normalized spacial score (nSPS) is 14.1. The van der Waals surface area contributed by atoms with E-state index in [1.165, 1.54) is 0 Å². The highest BCUT2D eigenvalue weighted by atomic mass is 32.2. The Balaban J connectivity index is 1.85. The topological polar surface area (TPSA) is 66.5 Å². The van der Waals surface area contributed by atoms with Crippen molar-refractivity contribution in [1.29, 1.82) is 0 Å². The number of hydrogen-bond acceptors (Lipinski definition) is 3. The Morgan fingerprint density at radius 1 is 1.12 bits per heavy atom. The molecule has 1 aliphatic rings. The summed E-state index contributed by atoms with van der Waals surface area (Å²) in [5.41, 5.74) is 3.27. The summed E-state index contributed by atoms with van der Waals surface area (Å²) in [6, 6.07) is 12.1. The van der Waals surface area contributed by atoms with Crippen LogP contribution in [-0.2, 0) is 21.2 Å². The van der Waals surface area contributed by atoms with E-state index in [0.717, 1.165) is 16.8 Å². The van der Waals surface area contributed by atoms with Gasteiger partial charge in [0.05, 0.1) is 11.3 Å². The first-order valence-electron chi connectivity index (χ1n) is 8.38. The van der Waals surface area contributed by atoms with Gasteiger partial charge in [-0.15, -0.1) is 0 Å². The predicted molar refractivity (Wildman–Crippen MR) is 99.5 cm³/mol. The Bertz CT molecular complexity index is 903. The molecule has 0 fully saturated rings. The van der Waals surface area contributed by atoms with E-state index in [4.69, 9.17) is 0 Å². The number of likely N-dealkylation sites (N-methyl/N-ethyl adjacent to an activating group) is 1. The van der Waals surface area contributed by atoms with Crippen LogP contribution in [0.15, 0.2) is 47.4 Å². The molecule has 0 aliphatic carbocycles. The second-order valence-corrected chi connectivity index (χ2v) is 8.17. The fraction of sp³-hybridized carbons (Fsp3) is 0.316. The first kappa shape index (κ1) is 17.5. The Morgan fingerprint density at radius 3 is 2.40 bits per heavy atom. The first-order chi connectivity index (χ1) is 11.8. The number of carbonyl (C=O) groups is 1. The molecule has 0 atom stereocenters. The maximum absolute atomic E-state index is 12.6. The van der Waals surface area contributed by atoms with Gasteiger partial charge >= 0.3 is 0 Å². The van der Waals surface area contributed by atoms with E-state index in [0.29, 0.717) is 24.6 Å². The van der Waals surface area contributed by atoms with Gasteiger partial charge in [0.25, 0.3) is 10.0 Å². The number of nitrogens with zero attached hydrogens (tertiary/aromatic N) is 1. The average molecular weight is 358 g/mol. The van der Waals surface area contributed by atoms with E-state index in [2.05, 4.69) is 18.6 Å². The summed E-state index contributed by atoms with van der Waals surface area (Å²) in [4.78, 5) is 13.9. The van der Waals surface area contributed by atoms with Crippen molar-refractivity contribution in [2.24, 2.45) is 0 Å². The predicted octanol–water partition coefficient (Wildman–Crippen LogP) is 3.52. The molecule has 0 bridgehead atoms. The molecule has 1 heterocycles. The molecule has 0 saturated heterocycles. The van der Waals surface area contributed by atoms with Gasteiger partial charge in [-0.2, -0.15) is 0 Å². The number of carbonyl (C=O) groups excluding carboxylic acids is 1. The van der Waals surface area contributed by atoms with E-state index in [1.54, 1.807) is 35.2 Å². The summed E-state index contributed by atoms with van der Waals surface area (Å²) >= 11 is 0. The van der Waals surface area contributed by atoms with Gasteiger partial charge < -0.3 is 4.90 Å². The zero-order chi connectivity index (χ0) is 18.2. The molecular formula is C19H22N2O3S. The van der Waals surface area contributed by atoms with Crippen LogP contribution in [0.1, 0.15) is 37.8 Å². The quantitative estimate of drug-likeness (QED) is 0.889. The van der Waals surface area contributed by atoms with E-state index in [1.807, 2.05) is 19.1 Å². The molecule has 2 aromatic carbocycles. The third kappa shape index (κ3) is 3.39. The van der Waals surface area contributed by atoms with Gasteiger partial charge in [0.1, 0.15) is 0 Å². The van der Waals surface area contributed by atoms with Gasteiger partial charge in [-0.3, -0.25) is 9.52 Å². The Morgan fingerprint density at radius 2 is 1.80 bits per heavy atom. The van der Waals surface area contributed by atoms with Crippen LogP contribution in [0.3, 0.4) is 0 Å². The molecule has 132 valence electrons. The molecule has 0 spiro atoms. The SMILES string of the molecule is CCN1C(=O)Cc2cc(NS(=O)(=O)c3ccc(C(C)C)cc3)ccc21. The number of sulfonamides is 1. The standard InChI is InChI=1S/C19H22N2O3S/c1-4-21-18-10-7-16(11-15(18)12-19(21)22)20-25(23,24)17-8-5-14(6-9-17)13(2)3/h5-11,13,20H,4,12H2,1-3H3. The van der Waals surface area contributed by atoms with Crippen molar-refractivity contribution in [2.45, 2.75) is 38.0 Å². The molecular weight excluding hydrogens is 336 g/mol. The minimum absolute atomic E-state index is 0.0433. The number of amides is 1. The van der Waals surface area contributed by atoms with Crippen LogP contribution in [0.5, 0.6) is 0 Å². The first-order valence-corrected chi connectivity index (χ1v) is 9.86. The van der Waals surface area contributed by atoms with Crippen molar-refractivity contribution in [3.05, 3.63) is 53.6 Å². The molecule has 5 nitrogen and oxygen atoms in total. The van der Waals surface area contributed by atoms with Gasteiger partial charge in [0.2, 0.25) is 5.91 Å².